The molecule has 5 heteroatoms. The van der Waals surface area contributed by atoms with Crippen molar-refractivity contribution in [1.29, 1.82) is 0 Å². The maximum atomic E-state index is 5.62. The monoisotopic (exact) mass is 313 g/mol. The molecule has 0 saturated heterocycles. The number of benzene rings is 1. The molecular weight excluding hydrogens is 294 g/mol. The summed E-state index contributed by atoms with van der Waals surface area (Å²) in [5.41, 5.74) is 0. The number of hydrogen-bond acceptors (Lipinski definition) is 2. The van der Waals surface area contributed by atoms with E-state index >= 15 is 0 Å². The Bertz CT molecular complexity index is 395. The quantitative estimate of drug-likeness (QED) is 0.485. The van der Waals surface area contributed by atoms with Gasteiger partial charge in [0, 0.05) is 32.7 Å². The molecule has 100 valence electrons. The fraction of sp³-hybridized carbons (Fsp3) is 0.462. The first-order valence-electron chi connectivity index (χ1n) is 5.78. The zero-order valence-corrected chi connectivity index (χ0v) is 12.9. The van der Waals surface area contributed by atoms with E-state index in [1.807, 2.05) is 62.3 Å². The zero-order chi connectivity index (χ0) is 13.5. The first kappa shape index (κ1) is 14.8. The summed E-state index contributed by atoms with van der Waals surface area (Å²) in [7, 11) is 7.92. The Labute approximate surface area is 117 Å². The van der Waals surface area contributed by atoms with Crippen molar-refractivity contribution in [3.63, 3.8) is 0 Å². The van der Waals surface area contributed by atoms with Gasteiger partial charge in [-0.25, -0.2) is 4.99 Å². The third-order valence-corrected chi connectivity index (χ3v) is 2.70. The SMILES string of the molecule is CN(C)C(=NCCOc1cccc(Br)c1)N(C)C. The van der Waals surface area contributed by atoms with Crippen LogP contribution >= 0.6 is 15.9 Å². The van der Waals surface area contributed by atoms with Gasteiger partial charge in [-0.05, 0) is 18.2 Å². The van der Waals surface area contributed by atoms with Gasteiger partial charge in [-0.15, -0.1) is 0 Å². The summed E-state index contributed by atoms with van der Waals surface area (Å²) in [5.74, 6) is 1.80. The van der Waals surface area contributed by atoms with Crippen molar-refractivity contribution in [2.24, 2.45) is 4.99 Å². The lowest BCUT2D eigenvalue weighted by Crippen LogP contribution is -2.35. The first-order valence-corrected chi connectivity index (χ1v) is 6.57. The fourth-order valence-electron chi connectivity index (χ4n) is 1.55. The highest BCUT2D eigenvalue weighted by molar-refractivity contribution is 9.10. The van der Waals surface area contributed by atoms with Crippen LogP contribution in [0.5, 0.6) is 5.75 Å². The number of rotatable bonds is 4. The summed E-state index contributed by atoms with van der Waals surface area (Å²) in [6, 6.07) is 7.81. The van der Waals surface area contributed by atoms with E-state index < -0.39 is 0 Å². The molecule has 4 nitrogen and oxygen atoms in total. The van der Waals surface area contributed by atoms with Gasteiger partial charge in [0.15, 0.2) is 5.96 Å². The molecule has 0 bridgehead atoms. The maximum Gasteiger partial charge on any atom is 0.195 e. The van der Waals surface area contributed by atoms with Crippen molar-refractivity contribution in [1.82, 2.24) is 9.80 Å². The number of nitrogens with zero attached hydrogens (tertiary/aromatic N) is 3. The second kappa shape index (κ2) is 7.26. The topological polar surface area (TPSA) is 28.1 Å². The summed E-state index contributed by atoms with van der Waals surface area (Å²) in [6.07, 6.45) is 0. The molecular formula is C13H20BrN3O. The van der Waals surface area contributed by atoms with Gasteiger partial charge in [0.05, 0.1) is 6.54 Å². The Hall–Kier alpha value is -1.23. The van der Waals surface area contributed by atoms with Crippen LogP contribution in [-0.2, 0) is 0 Å². The van der Waals surface area contributed by atoms with E-state index in [2.05, 4.69) is 20.9 Å². The Morgan fingerprint density at radius 3 is 2.44 bits per heavy atom. The van der Waals surface area contributed by atoms with Crippen molar-refractivity contribution >= 4 is 21.9 Å². The second-order valence-corrected chi connectivity index (χ2v) is 5.19. The van der Waals surface area contributed by atoms with Crippen LogP contribution in [-0.4, -0.2) is 57.1 Å². The zero-order valence-electron chi connectivity index (χ0n) is 11.4. The highest BCUT2D eigenvalue weighted by atomic mass is 79.9. The van der Waals surface area contributed by atoms with Crippen molar-refractivity contribution in [2.45, 2.75) is 0 Å². The predicted octanol–water partition coefficient (Wildman–Crippen LogP) is 2.31. The van der Waals surface area contributed by atoms with Crippen LogP contribution in [0.1, 0.15) is 0 Å². The van der Waals surface area contributed by atoms with Crippen LogP contribution in [0.25, 0.3) is 0 Å². The average Bonchev–Trinajstić information content (AvgIpc) is 2.27. The summed E-state index contributed by atoms with van der Waals surface area (Å²) in [5, 5.41) is 0. The molecule has 0 atom stereocenters. The molecule has 0 aliphatic carbocycles. The van der Waals surface area contributed by atoms with Crippen LogP contribution in [0.2, 0.25) is 0 Å². The summed E-state index contributed by atoms with van der Waals surface area (Å²) in [4.78, 5) is 8.46. The van der Waals surface area contributed by atoms with E-state index in [9.17, 15) is 0 Å². The molecule has 0 saturated carbocycles. The van der Waals surface area contributed by atoms with Gasteiger partial charge in [-0.1, -0.05) is 22.0 Å². The van der Waals surface area contributed by atoms with Gasteiger partial charge in [-0.2, -0.15) is 0 Å². The van der Waals surface area contributed by atoms with Gasteiger partial charge < -0.3 is 14.5 Å². The van der Waals surface area contributed by atoms with Gasteiger partial charge in [0.1, 0.15) is 12.4 Å². The predicted molar refractivity (Wildman–Crippen MR) is 79.3 cm³/mol. The Morgan fingerprint density at radius 1 is 1.22 bits per heavy atom. The molecule has 0 fully saturated rings. The molecule has 0 radical (unpaired) electrons. The molecule has 0 spiro atoms. The minimum atomic E-state index is 0.571. The number of aliphatic imine (C=N–C) groups is 1. The summed E-state index contributed by atoms with van der Waals surface area (Å²) < 4.78 is 6.64. The lowest BCUT2D eigenvalue weighted by atomic mass is 10.3. The third-order valence-electron chi connectivity index (χ3n) is 2.21. The normalized spacial score (nSPS) is 9.83. The van der Waals surface area contributed by atoms with E-state index in [4.69, 9.17) is 4.74 Å². The number of ether oxygens (including phenoxy) is 1. The first-order chi connectivity index (χ1) is 8.50. The van der Waals surface area contributed by atoms with Crippen molar-refractivity contribution in [2.75, 3.05) is 41.3 Å². The molecule has 1 aromatic carbocycles. The lowest BCUT2D eigenvalue weighted by Gasteiger charge is -2.22. The van der Waals surface area contributed by atoms with Crippen molar-refractivity contribution in [3.8, 4) is 5.75 Å². The van der Waals surface area contributed by atoms with E-state index in [0.29, 0.717) is 13.2 Å². The molecule has 0 heterocycles. The van der Waals surface area contributed by atoms with Crippen molar-refractivity contribution < 1.29 is 4.74 Å². The lowest BCUT2D eigenvalue weighted by molar-refractivity contribution is 0.326. The fourth-order valence-corrected chi connectivity index (χ4v) is 1.93. The number of halogens is 1. The summed E-state index contributed by atoms with van der Waals surface area (Å²) in [6.45, 7) is 1.21. The van der Waals surface area contributed by atoms with Crippen LogP contribution in [0, 0.1) is 0 Å². The standard InChI is InChI=1S/C13H20BrN3O/c1-16(2)13(17(3)4)15-8-9-18-12-7-5-6-11(14)10-12/h5-7,10H,8-9H2,1-4H3. The minimum Gasteiger partial charge on any atom is -0.492 e. The minimum absolute atomic E-state index is 0.571. The van der Waals surface area contributed by atoms with Gasteiger partial charge >= 0.3 is 0 Å². The second-order valence-electron chi connectivity index (χ2n) is 4.28. The van der Waals surface area contributed by atoms with Gasteiger partial charge in [0.25, 0.3) is 0 Å². The Kier molecular flexibility index (Phi) is 5.98. The van der Waals surface area contributed by atoms with E-state index in [1.165, 1.54) is 0 Å². The third kappa shape index (κ3) is 4.96. The smallest absolute Gasteiger partial charge is 0.195 e. The van der Waals surface area contributed by atoms with Crippen LogP contribution in [0.4, 0.5) is 0 Å². The Balaban J connectivity index is 2.44. The highest BCUT2D eigenvalue weighted by Crippen LogP contribution is 2.17. The largest absolute Gasteiger partial charge is 0.492 e. The number of guanidine groups is 1. The molecule has 0 N–H and O–H groups in total. The van der Waals surface area contributed by atoms with Gasteiger partial charge in [-0.3, -0.25) is 0 Å². The molecule has 0 amide bonds. The molecule has 18 heavy (non-hydrogen) atoms. The van der Waals surface area contributed by atoms with Crippen LogP contribution in [0.3, 0.4) is 0 Å². The summed E-state index contributed by atoms with van der Waals surface area (Å²) >= 11 is 3.41. The van der Waals surface area contributed by atoms with E-state index in [0.717, 1.165) is 16.2 Å². The average molecular weight is 314 g/mol. The molecule has 0 aliphatic heterocycles. The molecule has 1 rings (SSSR count). The van der Waals surface area contributed by atoms with Crippen LogP contribution in [0.15, 0.2) is 33.7 Å². The molecule has 0 unspecified atom stereocenters. The molecule has 1 aromatic rings. The van der Waals surface area contributed by atoms with E-state index in [-0.39, 0.29) is 0 Å². The van der Waals surface area contributed by atoms with Crippen molar-refractivity contribution in [3.05, 3.63) is 28.7 Å². The maximum absolute atomic E-state index is 5.62. The molecule has 0 aromatic heterocycles. The van der Waals surface area contributed by atoms with Crippen LogP contribution < -0.4 is 4.74 Å². The van der Waals surface area contributed by atoms with E-state index in [1.54, 1.807) is 0 Å². The number of hydrogen-bond donors (Lipinski definition) is 0. The molecule has 0 aliphatic rings. The van der Waals surface area contributed by atoms with Gasteiger partial charge in [0.2, 0.25) is 0 Å². The Morgan fingerprint density at radius 2 is 1.89 bits per heavy atom. The highest BCUT2D eigenvalue weighted by Gasteiger charge is 2.03.